The van der Waals surface area contributed by atoms with Gasteiger partial charge < -0.3 is 14.9 Å². The number of aliphatic hydroxyl groups is 1. The van der Waals surface area contributed by atoms with Crippen LogP contribution in [0.1, 0.15) is 59.5 Å². The maximum atomic E-state index is 13.3. The quantitative estimate of drug-likeness (QED) is 0.713. The Hall–Kier alpha value is -3.17. The molecular weight excluding hydrogens is 431 g/mol. The van der Waals surface area contributed by atoms with Crippen LogP contribution in [0.25, 0.3) is 0 Å². The second-order valence-corrected chi connectivity index (χ2v) is 9.56. The zero-order chi connectivity index (χ0) is 23.7. The van der Waals surface area contributed by atoms with Crippen LogP contribution in [0.3, 0.4) is 0 Å². The van der Waals surface area contributed by atoms with Crippen LogP contribution in [-0.2, 0) is 4.79 Å². The Kier molecular flexibility index (Phi) is 6.38. The molecule has 3 atom stereocenters. The Bertz CT molecular complexity index is 1110. The Morgan fingerprint density at radius 3 is 2.41 bits per heavy atom. The van der Waals surface area contributed by atoms with Crippen molar-refractivity contribution in [2.24, 2.45) is 5.92 Å². The predicted molar refractivity (Wildman–Crippen MR) is 126 cm³/mol. The van der Waals surface area contributed by atoms with E-state index in [9.17, 15) is 19.1 Å². The number of hydrogen-bond donors (Lipinski definition) is 1. The van der Waals surface area contributed by atoms with Gasteiger partial charge in [0.25, 0.3) is 5.91 Å². The molecule has 2 aromatic rings. The largest absolute Gasteiger partial charge is 0.394 e. The molecular formula is C28H29FN2O3. The summed E-state index contributed by atoms with van der Waals surface area (Å²) < 4.78 is 13.3. The number of amides is 2. The Labute approximate surface area is 199 Å². The SMILES string of the molecule is O=C(c1ccc(F)cc1)N1CC(=O)N2[C@H](CO)[C@H](c3ccc(C#CC4CCCCC4)cc3)[C@@H]2C1. The van der Waals surface area contributed by atoms with Crippen molar-refractivity contribution < 1.29 is 19.1 Å². The summed E-state index contributed by atoms with van der Waals surface area (Å²) in [5.41, 5.74) is 2.37. The molecule has 0 radical (unpaired) electrons. The topological polar surface area (TPSA) is 60.9 Å². The molecule has 0 aromatic heterocycles. The van der Waals surface area contributed by atoms with Gasteiger partial charge in [-0.1, -0.05) is 43.2 Å². The first-order valence-electron chi connectivity index (χ1n) is 12.1. The van der Waals surface area contributed by atoms with Crippen molar-refractivity contribution in [1.29, 1.82) is 0 Å². The third-order valence-electron chi connectivity index (χ3n) is 7.45. The van der Waals surface area contributed by atoms with Gasteiger partial charge in [0.05, 0.1) is 18.7 Å². The molecule has 0 bridgehead atoms. The number of fused-ring (bicyclic) bond motifs is 1. The van der Waals surface area contributed by atoms with Crippen molar-refractivity contribution in [3.05, 3.63) is 71.0 Å². The van der Waals surface area contributed by atoms with E-state index < -0.39 is 5.82 Å². The smallest absolute Gasteiger partial charge is 0.254 e. The molecule has 2 aliphatic heterocycles. The third-order valence-corrected chi connectivity index (χ3v) is 7.45. The standard InChI is InChI=1S/C28H29FN2O3/c29-23-14-12-22(13-15-23)28(34)30-16-24-27(25(18-32)31(24)26(33)17-30)21-10-8-20(9-11-21)7-6-19-4-2-1-3-5-19/h8-15,19,24-25,27,32H,1-5,16-18H2/t24-,25+,27+/m0/s1. The van der Waals surface area contributed by atoms with Crippen LogP contribution >= 0.6 is 0 Å². The van der Waals surface area contributed by atoms with E-state index in [2.05, 4.69) is 11.8 Å². The molecule has 2 aromatic carbocycles. The molecule has 0 spiro atoms. The highest BCUT2D eigenvalue weighted by Crippen LogP contribution is 2.43. The van der Waals surface area contributed by atoms with Crippen molar-refractivity contribution in [3.8, 4) is 11.8 Å². The van der Waals surface area contributed by atoms with E-state index in [1.807, 2.05) is 24.3 Å². The number of halogens is 1. The van der Waals surface area contributed by atoms with Gasteiger partial charge in [-0.2, -0.15) is 0 Å². The number of benzene rings is 2. The first-order chi connectivity index (χ1) is 16.5. The number of piperazine rings is 1. The normalized spacial score (nSPS) is 24.6. The molecule has 6 heteroatoms. The van der Waals surface area contributed by atoms with E-state index in [1.54, 1.807) is 4.90 Å². The lowest BCUT2D eigenvalue weighted by Gasteiger charge is -2.58. The summed E-state index contributed by atoms with van der Waals surface area (Å²) in [5.74, 6) is 6.29. The van der Waals surface area contributed by atoms with Crippen LogP contribution in [-0.4, -0.2) is 58.5 Å². The van der Waals surface area contributed by atoms with Crippen LogP contribution in [0.5, 0.6) is 0 Å². The molecule has 2 amide bonds. The first kappa shape index (κ1) is 22.6. The second-order valence-electron chi connectivity index (χ2n) is 9.56. The minimum absolute atomic E-state index is 0.0361. The third kappa shape index (κ3) is 4.33. The van der Waals surface area contributed by atoms with Crippen LogP contribution in [0.2, 0.25) is 0 Å². The van der Waals surface area contributed by atoms with Gasteiger partial charge in [0.15, 0.2) is 0 Å². The Morgan fingerprint density at radius 1 is 1.03 bits per heavy atom. The lowest BCUT2D eigenvalue weighted by Crippen LogP contribution is -2.73. The van der Waals surface area contributed by atoms with Crippen molar-refractivity contribution in [1.82, 2.24) is 9.80 Å². The van der Waals surface area contributed by atoms with E-state index in [0.29, 0.717) is 18.0 Å². The highest BCUT2D eigenvalue weighted by atomic mass is 19.1. The number of carbonyl (C=O) groups is 2. The summed E-state index contributed by atoms with van der Waals surface area (Å²) in [7, 11) is 0. The Balaban J connectivity index is 1.31. The summed E-state index contributed by atoms with van der Waals surface area (Å²) in [4.78, 5) is 29.0. The fraction of sp³-hybridized carbons (Fsp3) is 0.429. The van der Waals surface area contributed by atoms with Gasteiger partial charge in [-0.15, -0.1) is 0 Å². The number of carbonyl (C=O) groups excluding carboxylic acids is 2. The van der Waals surface area contributed by atoms with Gasteiger partial charge >= 0.3 is 0 Å². The molecule has 3 fully saturated rings. The van der Waals surface area contributed by atoms with E-state index in [1.165, 1.54) is 61.3 Å². The summed E-state index contributed by atoms with van der Waals surface area (Å²) in [5, 5.41) is 10.0. The predicted octanol–water partition coefficient (Wildman–Crippen LogP) is 3.57. The maximum Gasteiger partial charge on any atom is 0.254 e. The monoisotopic (exact) mass is 460 g/mol. The molecule has 5 nitrogen and oxygen atoms in total. The van der Waals surface area contributed by atoms with Gasteiger partial charge in [-0.05, 0) is 54.8 Å². The molecule has 1 N–H and O–H groups in total. The number of aliphatic hydroxyl groups excluding tert-OH is 1. The van der Waals surface area contributed by atoms with Gasteiger partial charge in [0, 0.05) is 29.5 Å². The number of hydrogen-bond acceptors (Lipinski definition) is 3. The van der Waals surface area contributed by atoms with Crippen molar-refractivity contribution >= 4 is 11.8 Å². The minimum Gasteiger partial charge on any atom is -0.394 e. The van der Waals surface area contributed by atoms with Gasteiger partial charge in [0.1, 0.15) is 12.4 Å². The average Bonchev–Trinajstić information content (AvgIpc) is 2.85. The molecule has 2 saturated heterocycles. The molecule has 5 rings (SSSR count). The summed E-state index contributed by atoms with van der Waals surface area (Å²) in [6.45, 7) is 0.222. The zero-order valence-electron chi connectivity index (χ0n) is 19.1. The summed E-state index contributed by atoms with van der Waals surface area (Å²) in [6.07, 6.45) is 6.21. The minimum atomic E-state index is -0.408. The Morgan fingerprint density at radius 2 is 1.74 bits per heavy atom. The van der Waals surface area contributed by atoms with Crippen molar-refractivity contribution in [2.75, 3.05) is 19.7 Å². The van der Waals surface area contributed by atoms with E-state index >= 15 is 0 Å². The van der Waals surface area contributed by atoms with Gasteiger partial charge in [-0.3, -0.25) is 9.59 Å². The van der Waals surface area contributed by atoms with E-state index in [0.717, 1.165) is 11.1 Å². The second kappa shape index (κ2) is 9.60. The van der Waals surface area contributed by atoms with Crippen LogP contribution in [0, 0.1) is 23.6 Å². The lowest BCUT2D eigenvalue weighted by atomic mass is 9.73. The molecule has 0 unspecified atom stereocenters. The molecule has 2 heterocycles. The fourth-order valence-corrected chi connectivity index (χ4v) is 5.65. The molecule has 176 valence electrons. The summed E-state index contributed by atoms with van der Waals surface area (Å²) >= 11 is 0. The van der Waals surface area contributed by atoms with Gasteiger partial charge in [-0.25, -0.2) is 4.39 Å². The van der Waals surface area contributed by atoms with Crippen LogP contribution in [0.4, 0.5) is 4.39 Å². The summed E-state index contributed by atoms with van der Waals surface area (Å²) in [6, 6.07) is 13.0. The molecule has 34 heavy (non-hydrogen) atoms. The van der Waals surface area contributed by atoms with Crippen molar-refractivity contribution in [3.63, 3.8) is 0 Å². The van der Waals surface area contributed by atoms with E-state index in [-0.39, 0.29) is 43.0 Å². The molecule has 3 aliphatic rings. The van der Waals surface area contributed by atoms with Crippen LogP contribution < -0.4 is 0 Å². The van der Waals surface area contributed by atoms with Gasteiger partial charge in [0.2, 0.25) is 5.91 Å². The van der Waals surface area contributed by atoms with Crippen molar-refractivity contribution in [2.45, 2.75) is 50.1 Å². The van der Waals surface area contributed by atoms with Crippen LogP contribution in [0.15, 0.2) is 48.5 Å². The lowest BCUT2D eigenvalue weighted by molar-refractivity contribution is -0.159. The zero-order valence-corrected chi connectivity index (χ0v) is 19.1. The average molecular weight is 461 g/mol. The number of rotatable bonds is 3. The highest BCUT2D eigenvalue weighted by molar-refractivity contribution is 5.97. The fourth-order valence-electron chi connectivity index (χ4n) is 5.65. The molecule has 1 aliphatic carbocycles. The molecule has 1 saturated carbocycles. The van der Waals surface area contributed by atoms with E-state index in [4.69, 9.17) is 0 Å². The first-order valence-corrected chi connectivity index (χ1v) is 12.1. The maximum absolute atomic E-state index is 13.3. The highest BCUT2D eigenvalue weighted by Gasteiger charge is 2.54. The number of nitrogens with zero attached hydrogens (tertiary/aromatic N) is 2.